The molecule has 2 aromatic carbocycles. The second kappa shape index (κ2) is 6.91. The number of hydrogen-bond acceptors (Lipinski definition) is 3. The zero-order valence-corrected chi connectivity index (χ0v) is 13.5. The van der Waals surface area contributed by atoms with Gasteiger partial charge in [0.1, 0.15) is 29.5 Å². The SMILES string of the molecule is C=CCOc1cc(F)c(F)c(Nc2ccc(I)cc2F)c1N. The molecule has 0 spiro atoms. The zero-order valence-electron chi connectivity index (χ0n) is 11.3. The summed E-state index contributed by atoms with van der Waals surface area (Å²) in [5.41, 5.74) is 5.22. The van der Waals surface area contributed by atoms with E-state index in [1.165, 1.54) is 18.2 Å². The zero-order chi connectivity index (χ0) is 16.3. The lowest BCUT2D eigenvalue weighted by atomic mass is 10.2. The lowest BCUT2D eigenvalue weighted by Crippen LogP contribution is -2.06. The van der Waals surface area contributed by atoms with Crippen molar-refractivity contribution in [1.29, 1.82) is 0 Å². The summed E-state index contributed by atoms with van der Waals surface area (Å²) in [7, 11) is 0. The van der Waals surface area contributed by atoms with Crippen LogP contribution in [0.4, 0.5) is 30.2 Å². The molecule has 0 bridgehead atoms. The molecule has 116 valence electrons. The molecule has 3 nitrogen and oxygen atoms in total. The molecule has 2 rings (SSSR count). The summed E-state index contributed by atoms with van der Waals surface area (Å²) in [6, 6.07) is 5.12. The van der Waals surface area contributed by atoms with E-state index in [1.807, 2.05) is 22.6 Å². The third-order valence-corrected chi connectivity index (χ3v) is 3.44. The summed E-state index contributed by atoms with van der Waals surface area (Å²) in [6.45, 7) is 3.53. The van der Waals surface area contributed by atoms with Gasteiger partial charge in [0.15, 0.2) is 11.6 Å². The average Bonchev–Trinajstić information content (AvgIpc) is 2.48. The third kappa shape index (κ3) is 3.46. The summed E-state index contributed by atoms with van der Waals surface area (Å²) < 4.78 is 47.3. The second-order valence-electron chi connectivity index (χ2n) is 4.31. The summed E-state index contributed by atoms with van der Waals surface area (Å²) in [5.74, 6) is -3.01. The van der Waals surface area contributed by atoms with Crippen molar-refractivity contribution in [3.8, 4) is 5.75 Å². The van der Waals surface area contributed by atoms with E-state index in [0.717, 1.165) is 6.07 Å². The highest BCUT2D eigenvalue weighted by Crippen LogP contribution is 2.36. The lowest BCUT2D eigenvalue weighted by molar-refractivity contribution is 0.361. The molecule has 0 aliphatic carbocycles. The Morgan fingerprint density at radius 3 is 2.59 bits per heavy atom. The van der Waals surface area contributed by atoms with E-state index in [-0.39, 0.29) is 29.4 Å². The molecule has 7 heteroatoms. The molecule has 2 aromatic rings. The van der Waals surface area contributed by atoms with Crippen molar-refractivity contribution in [2.24, 2.45) is 0 Å². The van der Waals surface area contributed by atoms with Crippen LogP contribution in [-0.2, 0) is 0 Å². The Morgan fingerprint density at radius 2 is 1.95 bits per heavy atom. The van der Waals surface area contributed by atoms with Crippen LogP contribution in [0, 0.1) is 21.0 Å². The normalized spacial score (nSPS) is 10.4. The smallest absolute Gasteiger partial charge is 0.184 e. The third-order valence-electron chi connectivity index (χ3n) is 2.77. The number of rotatable bonds is 5. The Morgan fingerprint density at radius 1 is 1.23 bits per heavy atom. The first kappa shape index (κ1) is 16.5. The minimum Gasteiger partial charge on any atom is -0.487 e. The topological polar surface area (TPSA) is 47.3 Å². The fraction of sp³-hybridized carbons (Fsp3) is 0.0667. The number of halogens is 4. The van der Waals surface area contributed by atoms with Crippen LogP contribution in [0.5, 0.6) is 5.75 Å². The number of nitrogen functional groups attached to an aromatic ring is 1. The van der Waals surface area contributed by atoms with Gasteiger partial charge in [-0.2, -0.15) is 0 Å². The Balaban J connectivity index is 2.44. The fourth-order valence-electron chi connectivity index (χ4n) is 1.73. The maximum atomic E-state index is 13.9. The van der Waals surface area contributed by atoms with Crippen molar-refractivity contribution in [1.82, 2.24) is 0 Å². The van der Waals surface area contributed by atoms with Crippen molar-refractivity contribution in [2.75, 3.05) is 17.7 Å². The van der Waals surface area contributed by atoms with Gasteiger partial charge in [0.25, 0.3) is 0 Å². The first-order valence-corrected chi connectivity index (χ1v) is 7.25. The Hall–Kier alpha value is -1.90. The van der Waals surface area contributed by atoms with E-state index in [2.05, 4.69) is 11.9 Å². The number of benzene rings is 2. The van der Waals surface area contributed by atoms with E-state index < -0.39 is 17.5 Å². The molecule has 0 saturated carbocycles. The predicted molar refractivity (Wildman–Crippen MR) is 88.9 cm³/mol. The predicted octanol–water partition coefficient (Wildman–Crippen LogP) is 4.60. The van der Waals surface area contributed by atoms with Crippen LogP contribution < -0.4 is 15.8 Å². The van der Waals surface area contributed by atoms with E-state index in [0.29, 0.717) is 3.57 Å². The highest BCUT2D eigenvalue weighted by Gasteiger charge is 2.19. The van der Waals surface area contributed by atoms with Gasteiger partial charge in [-0.15, -0.1) is 0 Å². The van der Waals surface area contributed by atoms with E-state index in [1.54, 1.807) is 6.07 Å². The summed E-state index contributed by atoms with van der Waals surface area (Å²) in [6.07, 6.45) is 1.44. The summed E-state index contributed by atoms with van der Waals surface area (Å²) >= 11 is 1.94. The van der Waals surface area contributed by atoms with Gasteiger partial charge in [-0.1, -0.05) is 12.7 Å². The van der Waals surface area contributed by atoms with Gasteiger partial charge in [0.05, 0.1) is 5.69 Å². The minimum atomic E-state index is -1.21. The molecular formula is C15H12F3IN2O. The Labute approximate surface area is 139 Å². The quantitative estimate of drug-likeness (QED) is 0.423. The van der Waals surface area contributed by atoms with Gasteiger partial charge in [-0.05, 0) is 40.8 Å². The number of hydrogen-bond donors (Lipinski definition) is 2. The molecule has 0 unspecified atom stereocenters. The van der Waals surface area contributed by atoms with Crippen LogP contribution in [0.15, 0.2) is 36.9 Å². The van der Waals surface area contributed by atoms with Crippen LogP contribution in [0.3, 0.4) is 0 Å². The molecule has 0 radical (unpaired) electrons. The lowest BCUT2D eigenvalue weighted by Gasteiger charge is -2.15. The van der Waals surface area contributed by atoms with Crippen LogP contribution in [0.25, 0.3) is 0 Å². The van der Waals surface area contributed by atoms with Crippen LogP contribution in [-0.4, -0.2) is 6.61 Å². The fourth-order valence-corrected chi connectivity index (χ4v) is 2.19. The number of nitrogens with two attached hydrogens (primary N) is 1. The molecule has 3 N–H and O–H groups in total. The number of nitrogens with one attached hydrogen (secondary N) is 1. The van der Waals surface area contributed by atoms with Crippen LogP contribution in [0.2, 0.25) is 0 Å². The number of anilines is 3. The van der Waals surface area contributed by atoms with Gasteiger partial charge in [0, 0.05) is 9.64 Å². The standard InChI is InChI=1S/C15H12F3IN2O/c1-2-5-22-12-7-10(17)13(18)15(14(12)20)21-11-4-3-8(19)6-9(11)16/h2-4,6-7,21H,1,5,20H2. The van der Waals surface area contributed by atoms with E-state index in [4.69, 9.17) is 10.5 Å². The highest BCUT2D eigenvalue weighted by molar-refractivity contribution is 14.1. The van der Waals surface area contributed by atoms with Crippen molar-refractivity contribution < 1.29 is 17.9 Å². The van der Waals surface area contributed by atoms with Gasteiger partial charge >= 0.3 is 0 Å². The monoisotopic (exact) mass is 420 g/mol. The second-order valence-corrected chi connectivity index (χ2v) is 5.55. The largest absolute Gasteiger partial charge is 0.487 e. The Bertz CT molecular complexity index is 722. The van der Waals surface area contributed by atoms with Gasteiger partial charge in [-0.25, -0.2) is 13.2 Å². The van der Waals surface area contributed by atoms with E-state index >= 15 is 0 Å². The molecule has 0 amide bonds. The highest BCUT2D eigenvalue weighted by atomic mass is 127. The number of ether oxygens (including phenoxy) is 1. The van der Waals surface area contributed by atoms with Crippen molar-refractivity contribution in [3.63, 3.8) is 0 Å². The van der Waals surface area contributed by atoms with Crippen LogP contribution in [0.1, 0.15) is 0 Å². The molecule has 0 heterocycles. The maximum Gasteiger partial charge on any atom is 0.184 e. The molecule has 22 heavy (non-hydrogen) atoms. The van der Waals surface area contributed by atoms with Crippen molar-refractivity contribution >= 4 is 39.7 Å². The van der Waals surface area contributed by atoms with Crippen molar-refractivity contribution in [2.45, 2.75) is 0 Å². The summed E-state index contributed by atoms with van der Waals surface area (Å²) in [4.78, 5) is 0. The van der Waals surface area contributed by atoms with Gasteiger partial charge in [0.2, 0.25) is 0 Å². The first-order chi connectivity index (χ1) is 10.4. The van der Waals surface area contributed by atoms with Crippen molar-refractivity contribution in [3.05, 3.63) is 57.9 Å². The maximum absolute atomic E-state index is 13.9. The minimum absolute atomic E-state index is 0.0220. The van der Waals surface area contributed by atoms with E-state index in [9.17, 15) is 13.2 Å². The molecule has 0 aliphatic rings. The molecule has 0 aromatic heterocycles. The molecule has 0 saturated heterocycles. The average molecular weight is 420 g/mol. The molecule has 0 aliphatic heterocycles. The molecule has 0 fully saturated rings. The van der Waals surface area contributed by atoms with Gasteiger partial charge in [-0.3, -0.25) is 0 Å². The Kier molecular flexibility index (Phi) is 5.17. The molecular weight excluding hydrogens is 408 g/mol. The van der Waals surface area contributed by atoms with Gasteiger partial charge < -0.3 is 15.8 Å². The first-order valence-electron chi connectivity index (χ1n) is 6.17. The summed E-state index contributed by atoms with van der Waals surface area (Å²) in [5, 5.41) is 2.47. The molecule has 0 atom stereocenters. The van der Waals surface area contributed by atoms with Crippen LogP contribution >= 0.6 is 22.6 Å².